The third-order valence-electron chi connectivity index (χ3n) is 4.96. The molecular weight excluding hydrogens is 342 g/mol. The van der Waals surface area contributed by atoms with E-state index in [1.165, 1.54) is 32.8 Å². The van der Waals surface area contributed by atoms with Crippen molar-refractivity contribution in [1.29, 1.82) is 0 Å². The number of aromatic nitrogens is 1. The molecule has 2 aromatic rings. The van der Waals surface area contributed by atoms with Gasteiger partial charge in [-0.1, -0.05) is 25.0 Å². The van der Waals surface area contributed by atoms with Gasteiger partial charge in [0.25, 0.3) is 5.91 Å². The highest BCUT2D eigenvalue weighted by Gasteiger charge is 2.12. The summed E-state index contributed by atoms with van der Waals surface area (Å²) in [6, 6.07) is 9.13. The molecule has 1 amide bonds. The van der Waals surface area contributed by atoms with E-state index in [9.17, 15) is 9.59 Å². The number of rotatable bonds is 6. The van der Waals surface area contributed by atoms with E-state index in [4.69, 9.17) is 4.74 Å². The fraction of sp³-hybridized carbons (Fsp3) is 0.429. The second-order valence-corrected chi connectivity index (χ2v) is 6.89. The van der Waals surface area contributed by atoms with Gasteiger partial charge in [-0.3, -0.25) is 4.79 Å². The van der Waals surface area contributed by atoms with Crippen molar-refractivity contribution in [2.24, 2.45) is 0 Å². The maximum Gasteiger partial charge on any atom is 0.354 e. The topological polar surface area (TPSA) is 74.4 Å². The normalized spacial score (nSPS) is 15.1. The molecule has 0 saturated carbocycles. The van der Waals surface area contributed by atoms with Crippen LogP contribution in [0.1, 0.15) is 46.5 Å². The minimum absolute atomic E-state index is 0.0737. The van der Waals surface area contributed by atoms with Crippen molar-refractivity contribution in [3.05, 3.63) is 47.8 Å². The van der Waals surface area contributed by atoms with E-state index in [1.807, 2.05) is 18.2 Å². The fourth-order valence-electron chi connectivity index (χ4n) is 3.42. The Morgan fingerprint density at radius 1 is 1.11 bits per heavy atom. The molecule has 0 bridgehead atoms. The van der Waals surface area contributed by atoms with E-state index in [2.05, 4.69) is 15.2 Å². The number of amides is 1. The highest BCUT2D eigenvalue weighted by molar-refractivity contribution is 5.95. The largest absolute Gasteiger partial charge is 0.464 e. The predicted molar refractivity (Wildman–Crippen MR) is 105 cm³/mol. The molecular formula is C21H27N3O3. The summed E-state index contributed by atoms with van der Waals surface area (Å²) in [5.41, 5.74) is 2.72. The third-order valence-corrected chi connectivity index (χ3v) is 4.96. The van der Waals surface area contributed by atoms with E-state index in [0.29, 0.717) is 17.8 Å². The molecule has 1 saturated heterocycles. The number of carbonyl (C=O) groups is 2. The lowest BCUT2D eigenvalue weighted by Gasteiger charge is -2.19. The van der Waals surface area contributed by atoms with E-state index in [1.54, 1.807) is 18.3 Å². The van der Waals surface area contributed by atoms with Crippen LogP contribution in [0.25, 0.3) is 11.1 Å². The van der Waals surface area contributed by atoms with Crippen LogP contribution in [-0.2, 0) is 4.74 Å². The number of carbonyl (C=O) groups excluding carboxylic acids is 2. The van der Waals surface area contributed by atoms with Crippen LogP contribution in [-0.4, -0.2) is 55.0 Å². The number of likely N-dealkylation sites (tertiary alicyclic amines) is 1. The van der Waals surface area contributed by atoms with Gasteiger partial charge >= 0.3 is 5.97 Å². The molecule has 1 aromatic carbocycles. The third kappa shape index (κ3) is 5.20. The summed E-state index contributed by atoms with van der Waals surface area (Å²) in [4.78, 5) is 29.4. The Labute approximate surface area is 159 Å². The number of hydrogen-bond acceptors (Lipinski definition) is 4. The Morgan fingerprint density at radius 3 is 2.63 bits per heavy atom. The standard InChI is InChI=1S/C21H27N3O3/c1-27-21(26)19-14-18(15-23-19)16-7-6-8-17(13-16)20(25)22-9-12-24-10-4-2-3-5-11-24/h6-8,13-15,23H,2-5,9-12H2,1H3,(H,22,25). The van der Waals surface area contributed by atoms with Gasteiger partial charge < -0.3 is 19.9 Å². The van der Waals surface area contributed by atoms with E-state index in [-0.39, 0.29) is 5.91 Å². The summed E-state index contributed by atoms with van der Waals surface area (Å²) < 4.78 is 4.71. The van der Waals surface area contributed by atoms with Gasteiger partial charge in [0.2, 0.25) is 0 Å². The Hall–Kier alpha value is -2.60. The molecule has 0 unspecified atom stereocenters. The summed E-state index contributed by atoms with van der Waals surface area (Å²) in [5.74, 6) is -0.487. The molecule has 6 heteroatoms. The van der Waals surface area contributed by atoms with Crippen molar-refractivity contribution >= 4 is 11.9 Å². The Bertz CT molecular complexity index is 776. The first kappa shape index (κ1) is 19.2. The zero-order valence-corrected chi connectivity index (χ0v) is 15.8. The lowest BCUT2D eigenvalue weighted by Crippen LogP contribution is -2.35. The van der Waals surface area contributed by atoms with Gasteiger partial charge in [-0.15, -0.1) is 0 Å². The summed E-state index contributed by atoms with van der Waals surface area (Å²) >= 11 is 0. The van der Waals surface area contributed by atoms with Crippen molar-refractivity contribution in [1.82, 2.24) is 15.2 Å². The second kappa shape index (κ2) is 9.37. The molecule has 1 aliphatic rings. The van der Waals surface area contributed by atoms with Crippen molar-refractivity contribution in [2.75, 3.05) is 33.3 Å². The van der Waals surface area contributed by atoms with Gasteiger partial charge in [-0.05, 0) is 49.7 Å². The maximum absolute atomic E-state index is 12.5. The van der Waals surface area contributed by atoms with Gasteiger partial charge in [-0.25, -0.2) is 4.79 Å². The molecule has 27 heavy (non-hydrogen) atoms. The van der Waals surface area contributed by atoms with Crippen LogP contribution in [0.15, 0.2) is 36.5 Å². The molecule has 3 rings (SSSR count). The number of methoxy groups -OCH3 is 1. The van der Waals surface area contributed by atoms with E-state index in [0.717, 1.165) is 30.8 Å². The number of esters is 1. The number of nitrogens with one attached hydrogen (secondary N) is 2. The molecule has 0 radical (unpaired) electrons. The molecule has 1 fully saturated rings. The van der Waals surface area contributed by atoms with Crippen LogP contribution in [0.3, 0.4) is 0 Å². The van der Waals surface area contributed by atoms with Crippen LogP contribution in [0, 0.1) is 0 Å². The molecule has 0 atom stereocenters. The molecule has 144 valence electrons. The number of ether oxygens (including phenoxy) is 1. The summed E-state index contributed by atoms with van der Waals surface area (Å²) in [5, 5.41) is 3.02. The minimum Gasteiger partial charge on any atom is -0.464 e. The SMILES string of the molecule is COC(=O)c1cc(-c2cccc(C(=O)NCCN3CCCCCC3)c2)c[nH]1. The first-order valence-corrected chi connectivity index (χ1v) is 9.55. The predicted octanol–water partition coefficient (Wildman–Crippen LogP) is 3.07. The minimum atomic E-state index is -0.413. The Morgan fingerprint density at radius 2 is 1.89 bits per heavy atom. The zero-order valence-electron chi connectivity index (χ0n) is 15.8. The molecule has 6 nitrogen and oxygen atoms in total. The smallest absolute Gasteiger partial charge is 0.354 e. The number of nitrogens with zero attached hydrogens (tertiary/aromatic N) is 1. The van der Waals surface area contributed by atoms with Crippen LogP contribution < -0.4 is 5.32 Å². The summed E-state index contributed by atoms with van der Waals surface area (Å²) in [6.07, 6.45) is 6.86. The zero-order chi connectivity index (χ0) is 19.1. The van der Waals surface area contributed by atoms with Crippen LogP contribution in [0.4, 0.5) is 0 Å². The van der Waals surface area contributed by atoms with Crippen molar-refractivity contribution in [3.63, 3.8) is 0 Å². The van der Waals surface area contributed by atoms with Gasteiger partial charge in [0.1, 0.15) is 5.69 Å². The first-order valence-electron chi connectivity index (χ1n) is 9.55. The van der Waals surface area contributed by atoms with Crippen LogP contribution in [0.2, 0.25) is 0 Å². The molecule has 1 aromatic heterocycles. The fourth-order valence-corrected chi connectivity index (χ4v) is 3.42. The second-order valence-electron chi connectivity index (χ2n) is 6.89. The van der Waals surface area contributed by atoms with Crippen LogP contribution in [0.5, 0.6) is 0 Å². The highest BCUT2D eigenvalue weighted by Crippen LogP contribution is 2.22. The Kier molecular flexibility index (Phi) is 6.65. The van der Waals surface area contributed by atoms with Crippen molar-refractivity contribution in [3.8, 4) is 11.1 Å². The highest BCUT2D eigenvalue weighted by atomic mass is 16.5. The van der Waals surface area contributed by atoms with E-state index >= 15 is 0 Å². The van der Waals surface area contributed by atoms with Crippen LogP contribution >= 0.6 is 0 Å². The lowest BCUT2D eigenvalue weighted by molar-refractivity contribution is 0.0594. The molecule has 2 heterocycles. The number of H-pyrrole nitrogens is 1. The maximum atomic E-state index is 12.5. The van der Waals surface area contributed by atoms with Gasteiger partial charge in [0.05, 0.1) is 7.11 Å². The van der Waals surface area contributed by atoms with Gasteiger partial charge in [0.15, 0.2) is 0 Å². The molecule has 0 aliphatic carbocycles. The van der Waals surface area contributed by atoms with Crippen molar-refractivity contribution in [2.45, 2.75) is 25.7 Å². The summed E-state index contributed by atoms with van der Waals surface area (Å²) in [6.45, 7) is 3.80. The van der Waals surface area contributed by atoms with Gasteiger partial charge in [0, 0.05) is 30.4 Å². The number of benzene rings is 1. The van der Waals surface area contributed by atoms with Gasteiger partial charge in [-0.2, -0.15) is 0 Å². The number of aromatic amines is 1. The average Bonchev–Trinajstić information content (AvgIpc) is 3.05. The first-order chi connectivity index (χ1) is 13.2. The number of hydrogen-bond donors (Lipinski definition) is 2. The monoisotopic (exact) mass is 369 g/mol. The molecule has 0 spiro atoms. The van der Waals surface area contributed by atoms with Crippen molar-refractivity contribution < 1.29 is 14.3 Å². The average molecular weight is 369 g/mol. The van der Waals surface area contributed by atoms with E-state index < -0.39 is 5.97 Å². The molecule has 1 aliphatic heterocycles. The Balaban J connectivity index is 1.58. The lowest BCUT2D eigenvalue weighted by atomic mass is 10.1. The summed E-state index contributed by atoms with van der Waals surface area (Å²) in [7, 11) is 1.35. The molecule has 2 N–H and O–H groups in total. The quantitative estimate of drug-likeness (QED) is 0.768.